The summed E-state index contributed by atoms with van der Waals surface area (Å²) in [6, 6.07) is 9.95. The van der Waals surface area contributed by atoms with E-state index in [9.17, 15) is 4.79 Å². The third-order valence-electron chi connectivity index (χ3n) is 3.87. The molecule has 0 bridgehead atoms. The maximum atomic E-state index is 12.5. The number of carbonyl (C=O) groups is 1. The monoisotopic (exact) mass is 401 g/mol. The van der Waals surface area contributed by atoms with Gasteiger partial charge in [0.05, 0.1) is 23.3 Å². The van der Waals surface area contributed by atoms with Crippen LogP contribution in [-0.2, 0) is 16.0 Å². The predicted octanol–water partition coefficient (Wildman–Crippen LogP) is 3.36. The summed E-state index contributed by atoms with van der Waals surface area (Å²) in [5.74, 6) is -0.357. The Morgan fingerprint density at radius 3 is 2.61 bits per heavy atom. The topological polar surface area (TPSA) is 91.2 Å². The molecule has 0 unspecified atom stereocenters. The zero-order valence-electron chi connectivity index (χ0n) is 16.1. The molecule has 2 aromatic heterocycles. The normalized spacial score (nSPS) is 11.1. The number of aryl methyl sites for hydroxylation is 1. The first-order chi connectivity index (χ1) is 13.6. The van der Waals surface area contributed by atoms with Crippen molar-refractivity contribution in [2.45, 2.75) is 33.6 Å². The Morgan fingerprint density at radius 1 is 1.21 bits per heavy atom. The lowest BCUT2D eigenvalue weighted by molar-refractivity contribution is -0.145. The molecule has 0 aliphatic carbocycles. The largest absolute Gasteiger partial charge is 0.351 e. The molecule has 1 aromatic carbocycles. The van der Waals surface area contributed by atoms with E-state index in [1.807, 2.05) is 51.1 Å². The zero-order valence-corrected chi connectivity index (χ0v) is 16.9. The Kier molecular flexibility index (Phi) is 6.85. The fourth-order valence-electron chi connectivity index (χ4n) is 2.64. The minimum Gasteiger partial charge on any atom is -0.351 e. The van der Waals surface area contributed by atoms with E-state index in [4.69, 9.17) is 9.47 Å². The minimum atomic E-state index is -0.428. The fraction of sp³-hybridized carbons (Fsp3) is 0.368. The second-order valence-electron chi connectivity index (χ2n) is 5.92. The summed E-state index contributed by atoms with van der Waals surface area (Å²) < 4.78 is 12.5. The highest BCUT2D eigenvalue weighted by molar-refractivity contribution is 7.19. The third kappa shape index (κ3) is 5.00. The number of hydrogen-bond donors (Lipinski definition) is 1. The molecule has 1 amide bonds. The number of hydrogen-bond acceptors (Lipinski definition) is 7. The van der Waals surface area contributed by atoms with Crippen molar-refractivity contribution in [3.05, 3.63) is 47.9 Å². The number of thiazole rings is 1. The van der Waals surface area contributed by atoms with Gasteiger partial charge in [-0.25, -0.2) is 9.67 Å². The number of nitrogens with zero attached hydrogens (tertiary/aromatic N) is 4. The van der Waals surface area contributed by atoms with Crippen LogP contribution in [0.15, 0.2) is 36.5 Å². The van der Waals surface area contributed by atoms with Crippen molar-refractivity contribution in [3.8, 4) is 10.4 Å². The van der Waals surface area contributed by atoms with E-state index < -0.39 is 6.29 Å². The minimum absolute atomic E-state index is 0.209. The van der Waals surface area contributed by atoms with E-state index in [0.29, 0.717) is 24.9 Å². The van der Waals surface area contributed by atoms with Gasteiger partial charge in [0.25, 0.3) is 5.91 Å². The molecule has 0 saturated carbocycles. The highest BCUT2D eigenvalue weighted by Crippen LogP contribution is 2.32. The van der Waals surface area contributed by atoms with E-state index in [0.717, 1.165) is 16.1 Å². The van der Waals surface area contributed by atoms with Crippen LogP contribution >= 0.6 is 11.3 Å². The van der Waals surface area contributed by atoms with Crippen LogP contribution in [0.1, 0.15) is 30.0 Å². The molecule has 0 atom stereocenters. The first-order valence-corrected chi connectivity index (χ1v) is 9.89. The summed E-state index contributed by atoms with van der Waals surface area (Å²) in [6.45, 7) is 7.13. The van der Waals surface area contributed by atoms with Crippen LogP contribution in [0.25, 0.3) is 10.4 Å². The maximum Gasteiger partial charge on any atom is 0.279 e. The molecule has 0 aliphatic heterocycles. The van der Waals surface area contributed by atoms with Crippen molar-refractivity contribution in [1.82, 2.24) is 20.0 Å². The van der Waals surface area contributed by atoms with Gasteiger partial charge in [-0.05, 0) is 26.3 Å². The molecule has 28 heavy (non-hydrogen) atoms. The van der Waals surface area contributed by atoms with Gasteiger partial charge in [0, 0.05) is 13.2 Å². The van der Waals surface area contributed by atoms with E-state index in [2.05, 4.69) is 20.6 Å². The molecule has 0 aliphatic rings. The Labute approximate surface area is 167 Å². The standard InChI is InChI=1S/C19H23N5O3S/c1-4-26-16(27-5-2)12-24-11-15(22-23-24)18(25)21-19-20-13(3)17(28-19)14-9-7-6-8-10-14/h6-11,16H,4-5,12H2,1-3H3,(H,20,21,25). The van der Waals surface area contributed by atoms with Crippen molar-refractivity contribution in [2.24, 2.45) is 0 Å². The van der Waals surface area contributed by atoms with Gasteiger partial charge in [-0.2, -0.15) is 0 Å². The number of anilines is 1. The van der Waals surface area contributed by atoms with Gasteiger partial charge in [-0.15, -0.1) is 5.10 Å². The molecule has 0 saturated heterocycles. The first-order valence-electron chi connectivity index (χ1n) is 9.08. The molecule has 1 N–H and O–H groups in total. The molecule has 0 fully saturated rings. The van der Waals surface area contributed by atoms with Crippen LogP contribution in [0.2, 0.25) is 0 Å². The summed E-state index contributed by atoms with van der Waals surface area (Å²) in [7, 11) is 0. The van der Waals surface area contributed by atoms with E-state index in [-0.39, 0.29) is 11.6 Å². The van der Waals surface area contributed by atoms with Crippen molar-refractivity contribution < 1.29 is 14.3 Å². The van der Waals surface area contributed by atoms with Crippen LogP contribution in [-0.4, -0.2) is 45.4 Å². The molecular formula is C19H23N5O3S. The summed E-state index contributed by atoms with van der Waals surface area (Å²) in [5, 5.41) is 11.2. The van der Waals surface area contributed by atoms with Gasteiger partial charge < -0.3 is 9.47 Å². The SMILES string of the molecule is CCOC(Cn1cc(C(=O)Nc2nc(C)c(-c3ccccc3)s2)nn1)OCC. The van der Waals surface area contributed by atoms with Crippen molar-refractivity contribution in [3.63, 3.8) is 0 Å². The number of aromatic nitrogens is 4. The Morgan fingerprint density at radius 2 is 1.93 bits per heavy atom. The molecule has 9 heteroatoms. The van der Waals surface area contributed by atoms with Crippen LogP contribution < -0.4 is 5.32 Å². The first kappa shape index (κ1) is 20.1. The second-order valence-corrected chi connectivity index (χ2v) is 6.92. The molecule has 2 heterocycles. The van der Waals surface area contributed by atoms with Crippen LogP contribution in [0.5, 0.6) is 0 Å². The van der Waals surface area contributed by atoms with Crippen molar-refractivity contribution in [1.29, 1.82) is 0 Å². The number of benzene rings is 1. The quantitative estimate of drug-likeness (QED) is 0.553. The Hall–Kier alpha value is -2.62. The summed E-state index contributed by atoms with van der Waals surface area (Å²) >= 11 is 1.43. The van der Waals surface area contributed by atoms with Gasteiger partial charge in [0.2, 0.25) is 0 Å². The lowest BCUT2D eigenvalue weighted by Gasteiger charge is -2.16. The molecule has 3 rings (SSSR count). The number of ether oxygens (including phenoxy) is 2. The highest BCUT2D eigenvalue weighted by atomic mass is 32.1. The summed E-state index contributed by atoms with van der Waals surface area (Å²) in [6.07, 6.45) is 1.14. The number of rotatable bonds is 9. The van der Waals surface area contributed by atoms with Crippen molar-refractivity contribution >= 4 is 22.4 Å². The van der Waals surface area contributed by atoms with E-state index in [1.165, 1.54) is 16.0 Å². The van der Waals surface area contributed by atoms with Crippen LogP contribution in [0.3, 0.4) is 0 Å². The van der Waals surface area contributed by atoms with Crippen LogP contribution in [0.4, 0.5) is 5.13 Å². The molecule has 3 aromatic rings. The molecule has 0 radical (unpaired) electrons. The third-order valence-corrected chi connectivity index (χ3v) is 4.99. The summed E-state index contributed by atoms with van der Waals surface area (Å²) in [4.78, 5) is 18.0. The molecule has 148 valence electrons. The van der Waals surface area contributed by atoms with E-state index >= 15 is 0 Å². The number of amides is 1. The lowest BCUT2D eigenvalue weighted by Crippen LogP contribution is -2.24. The van der Waals surface area contributed by atoms with Gasteiger partial charge >= 0.3 is 0 Å². The Bertz CT molecular complexity index is 903. The predicted molar refractivity (Wildman–Crippen MR) is 107 cm³/mol. The van der Waals surface area contributed by atoms with Gasteiger partial charge in [-0.3, -0.25) is 10.1 Å². The smallest absolute Gasteiger partial charge is 0.279 e. The van der Waals surface area contributed by atoms with Gasteiger partial charge in [0.1, 0.15) is 0 Å². The average Bonchev–Trinajstić information content (AvgIpc) is 3.29. The van der Waals surface area contributed by atoms with E-state index in [1.54, 1.807) is 6.20 Å². The number of nitrogens with one attached hydrogen (secondary N) is 1. The second kappa shape index (κ2) is 9.54. The highest BCUT2D eigenvalue weighted by Gasteiger charge is 2.17. The van der Waals surface area contributed by atoms with Crippen molar-refractivity contribution in [2.75, 3.05) is 18.5 Å². The molecular weight excluding hydrogens is 378 g/mol. The summed E-state index contributed by atoms with van der Waals surface area (Å²) in [5.41, 5.74) is 2.15. The number of carbonyl (C=O) groups excluding carboxylic acids is 1. The molecule has 8 nitrogen and oxygen atoms in total. The van der Waals surface area contributed by atoms with Gasteiger partial charge in [0.15, 0.2) is 17.1 Å². The van der Waals surface area contributed by atoms with Crippen LogP contribution in [0, 0.1) is 6.92 Å². The Balaban J connectivity index is 1.66. The van der Waals surface area contributed by atoms with Gasteiger partial charge in [-0.1, -0.05) is 46.9 Å². The maximum absolute atomic E-state index is 12.5. The zero-order chi connectivity index (χ0) is 19.9. The lowest BCUT2D eigenvalue weighted by atomic mass is 10.2. The fourth-order valence-corrected chi connectivity index (χ4v) is 3.61. The molecule has 0 spiro atoms. The average molecular weight is 401 g/mol.